The third-order valence-electron chi connectivity index (χ3n) is 3.37. The summed E-state index contributed by atoms with van der Waals surface area (Å²) in [5.74, 6) is -1.67. The summed E-state index contributed by atoms with van der Waals surface area (Å²) in [6, 6.07) is 7.38. The largest absolute Gasteiger partial charge is 0.344 e. The van der Waals surface area contributed by atoms with Crippen molar-refractivity contribution in [2.24, 2.45) is 5.92 Å². The molecule has 0 saturated carbocycles. The molecule has 1 aromatic rings. The fourth-order valence-electron chi connectivity index (χ4n) is 2.17. The van der Waals surface area contributed by atoms with Crippen LogP contribution in [0.3, 0.4) is 0 Å². The highest BCUT2D eigenvalue weighted by molar-refractivity contribution is 6.28. The van der Waals surface area contributed by atoms with Gasteiger partial charge in [-0.1, -0.05) is 44.2 Å². The maximum absolute atomic E-state index is 12.3. The topological polar surface area (TPSA) is 92.3 Å². The van der Waals surface area contributed by atoms with E-state index in [1.54, 1.807) is 13.8 Å². The number of aldehydes is 1. The van der Waals surface area contributed by atoms with Crippen molar-refractivity contribution in [2.45, 2.75) is 39.3 Å². The van der Waals surface area contributed by atoms with E-state index in [1.807, 2.05) is 30.3 Å². The smallest absolute Gasteiger partial charge is 0.243 e. The molecule has 6 nitrogen and oxygen atoms in total. The van der Waals surface area contributed by atoms with Crippen LogP contribution < -0.4 is 10.6 Å². The summed E-state index contributed by atoms with van der Waals surface area (Å²) in [5, 5.41) is 5.12. The van der Waals surface area contributed by atoms with Crippen LogP contribution in [0.4, 0.5) is 0 Å². The van der Waals surface area contributed by atoms with E-state index in [2.05, 4.69) is 10.6 Å². The number of carbonyl (C=O) groups excluding carboxylic acids is 4. The minimum Gasteiger partial charge on any atom is -0.344 e. The number of rotatable bonds is 8. The summed E-state index contributed by atoms with van der Waals surface area (Å²) in [6.45, 7) is 4.89. The van der Waals surface area contributed by atoms with E-state index in [9.17, 15) is 19.2 Å². The SMILES string of the molecule is CC(=O)N[C@H](C(=O)N[C@@H](Cc1ccccc1)C(=O)C=O)C(C)C. The molecule has 0 bridgehead atoms. The van der Waals surface area contributed by atoms with Crippen LogP contribution in [0.1, 0.15) is 26.3 Å². The molecular weight excluding hydrogens is 296 g/mol. The van der Waals surface area contributed by atoms with Gasteiger partial charge in [-0.05, 0) is 11.5 Å². The van der Waals surface area contributed by atoms with Crippen LogP contribution >= 0.6 is 0 Å². The molecule has 1 aromatic carbocycles. The van der Waals surface area contributed by atoms with Gasteiger partial charge < -0.3 is 10.6 Å². The first kappa shape index (κ1) is 18.5. The zero-order valence-electron chi connectivity index (χ0n) is 13.5. The first-order valence-electron chi connectivity index (χ1n) is 7.45. The number of nitrogens with one attached hydrogen (secondary N) is 2. The van der Waals surface area contributed by atoms with Crippen molar-refractivity contribution in [3.63, 3.8) is 0 Å². The van der Waals surface area contributed by atoms with E-state index in [4.69, 9.17) is 0 Å². The fourth-order valence-corrected chi connectivity index (χ4v) is 2.17. The predicted octanol–water partition coefficient (Wildman–Crippen LogP) is 0.643. The van der Waals surface area contributed by atoms with Crippen molar-refractivity contribution >= 4 is 23.9 Å². The third-order valence-corrected chi connectivity index (χ3v) is 3.37. The average molecular weight is 318 g/mol. The van der Waals surface area contributed by atoms with E-state index in [-0.39, 0.29) is 24.5 Å². The standard InChI is InChI=1S/C17H22N2O4/c1-11(2)16(18-12(3)21)17(23)19-14(15(22)10-20)9-13-7-5-4-6-8-13/h4-8,10-11,14,16H,9H2,1-3H3,(H,18,21)(H,19,23)/t14-,16-/m0/s1. The van der Waals surface area contributed by atoms with Crippen molar-refractivity contribution in [1.82, 2.24) is 10.6 Å². The first-order valence-corrected chi connectivity index (χ1v) is 7.45. The van der Waals surface area contributed by atoms with Crippen molar-refractivity contribution in [2.75, 3.05) is 0 Å². The summed E-state index contributed by atoms with van der Waals surface area (Å²) in [6.07, 6.45) is 0.422. The van der Waals surface area contributed by atoms with Gasteiger partial charge in [0.2, 0.25) is 17.6 Å². The van der Waals surface area contributed by atoms with Gasteiger partial charge in [-0.15, -0.1) is 0 Å². The number of carbonyl (C=O) groups is 4. The van der Waals surface area contributed by atoms with Gasteiger partial charge in [0.05, 0.1) is 6.04 Å². The lowest BCUT2D eigenvalue weighted by atomic mass is 10.00. The molecule has 0 radical (unpaired) electrons. The average Bonchev–Trinajstić information content (AvgIpc) is 2.51. The van der Waals surface area contributed by atoms with Crippen LogP contribution in [-0.2, 0) is 25.6 Å². The summed E-state index contributed by atoms with van der Waals surface area (Å²) in [5.41, 5.74) is 0.827. The molecule has 0 unspecified atom stereocenters. The Morgan fingerprint density at radius 2 is 1.70 bits per heavy atom. The van der Waals surface area contributed by atoms with Crippen LogP contribution in [0.2, 0.25) is 0 Å². The molecule has 2 atom stereocenters. The summed E-state index contributed by atoms with van der Waals surface area (Å²) in [7, 11) is 0. The van der Waals surface area contributed by atoms with E-state index < -0.39 is 23.8 Å². The lowest BCUT2D eigenvalue weighted by molar-refractivity contribution is -0.134. The molecule has 124 valence electrons. The van der Waals surface area contributed by atoms with E-state index in [0.717, 1.165) is 5.56 Å². The Labute approximate surface area is 135 Å². The minimum absolute atomic E-state index is 0.150. The monoisotopic (exact) mass is 318 g/mol. The maximum Gasteiger partial charge on any atom is 0.243 e. The number of hydrogen-bond acceptors (Lipinski definition) is 4. The summed E-state index contributed by atoms with van der Waals surface area (Å²) in [4.78, 5) is 46.2. The molecule has 1 rings (SSSR count). The zero-order chi connectivity index (χ0) is 17.4. The second-order valence-electron chi connectivity index (χ2n) is 5.69. The van der Waals surface area contributed by atoms with Crippen LogP contribution in [0.5, 0.6) is 0 Å². The minimum atomic E-state index is -0.947. The number of ketones is 1. The van der Waals surface area contributed by atoms with E-state index in [0.29, 0.717) is 0 Å². The Morgan fingerprint density at radius 1 is 1.09 bits per heavy atom. The third kappa shape index (κ3) is 6.02. The second-order valence-corrected chi connectivity index (χ2v) is 5.69. The quantitative estimate of drug-likeness (QED) is 0.543. The molecule has 2 N–H and O–H groups in total. The number of amides is 2. The van der Waals surface area contributed by atoms with Gasteiger partial charge in [0.15, 0.2) is 6.29 Å². The maximum atomic E-state index is 12.3. The fraction of sp³-hybridized carbons (Fsp3) is 0.412. The number of hydrogen-bond donors (Lipinski definition) is 2. The molecule has 6 heteroatoms. The Hall–Kier alpha value is -2.50. The van der Waals surface area contributed by atoms with Gasteiger partial charge in [-0.3, -0.25) is 19.2 Å². The summed E-state index contributed by atoms with van der Waals surface area (Å²) >= 11 is 0. The molecule has 0 saturated heterocycles. The highest BCUT2D eigenvalue weighted by atomic mass is 16.2. The zero-order valence-corrected chi connectivity index (χ0v) is 13.5. The van der Waals surface area contributed by atoms with Gasteiger partial charge in [0.1, 0.15) is 6.04 Å². The molecule has 2 amide bonds. The second kappa shape index (κ2) is 8.82. The molecule has 0 aromatic heterocycles. The predicted molar refractivity (Wildman–Crippen MR) is 85.6 cm³/mol. The van der Waals surface area contributed by atoms with Crippen molar-refractivity contribution in [1.29, 1.82) is 0 Å². The van der Waals surface area contributed by atoms with Crippen LogP contribution in [0, 0.1) is 5.92 Å². The highest BCUT2D eigenvalue weighted by Gasteiger charge is 2.27. The highest BCUT2D eigenvalue weighted by Crippen LogP contribution is 2.06. The Balaban J connectivity index is 2.87. The van der Waals surface area contributed by atoms with Gasteiger partial charge in [-0.25, -0.2) is 0 Å². The molecule has 0 aliphatic heterocycles. The van der Waals surface area contributed by atoms with Crippen molar-refractivity contribution in [3.8, 4) is 0 Å². The molecule has 0 heterocycles. The lowest BCUT2D eigenvalue weighted by Gasteiger charge is -2.24. The van der Waals surface area contributed by atoms with Crippen LogP contribution in [0.15, 0.2) is 30.3 Å². The molecular formula is C17H22N2O4. The Bertz CT molecular complexity index is 569. The number of Topliss-reactive ketones (excluding diaryl/α,β-unsaturated/α-hetero) is 1. The first-order chi connectivity index (χ1) is 10.8. The molecule has 23 heavy (non-hydrogen) atoms. The Morgan fingerprint density at radius 3 is 2.17 bits per heavy atom. The molecule has 0 aliphatic carbocycles. The van der Waals surface area contributed by atoms with Gasteiger partial charge in [0.25, 0.3) is 0 Å². The van der Waals surface area contributed by atoms with E-state index >= 15 is 0 Å². The van der Waals surface area contributed by atoms with Crippen molar-refractivity contribution < 1.29 is 19.2 Å². The Kier molecular flexibility index (Phi) is 7.12. The van der Waals surface area contributed by atoms with Gasteiger partial charge >= 0.3 is 0 Å². The molecule has 0 spiro atoms. The van der Waals surface area contributed by atoms with E-state index in [1.165, 1.54) is 6.92 Å². The number of benzene rings is 1. The lowest BCUT2D eigenvalue weighted by Crippen LogP contribution is -2.54. The van der Waals surface area contributed by atoms with Crippen LogP contribution in [0.25, 0.3) is 0 Å². The van der Waals surface area contributed by atoms with Crippen molar-refractivity contribution in [3.05, 3.63) is 35.9 Å². The summed E-state index contributed by atoms with van der Waals surface area (Å²) < 4.78 is 0. The molecule has 0 aliphatic rings. The molecule has 0 fully saturated rings. The normalized spacial score (nSPS) is 13.0. The van der Waals surface area contributed by atoms with Crippen LogP contribution in [-0.4, -0.2) is 36.0 Å². The van der Waals surface area contributed by atoms with Gasteiger partial charge in [0, 0.05) is 13.3 Å². The van der Waals surface area contributed by atoms with Gasteiger partial charge in [-0.2, -0.15) is 0 Å².